The quantitative estimate of drug-likeness (QED) is 0.853. The summed E-state index contributed by atoms with van der Waals surface area (Å²) in [5.74, 6) is 1.16. The second-order valence-electron chi connectivity index (χ2n) is 3.41. The maximum Gasteiger partial charge on any atom is 0.222 e. The lowest BCUT2D eigenvalue weighted by Gasteiger charge is -2.05. The summed E-state index contributed by atoms with van der Waals surface area (Å²) in [5, 5.41) is 8.99. The van der Waals surface area contributed by atoms with Crippen molar-refractivity contribution in [1.82, 2.24) is 9.97 Å². The van der Waals surface area contributed by atoms with E-state index in [1.165, 1.54) is 6.33 Å². The van der Waals surface area contributed by atoms with Crippen LogP contribution in [0.1, 0.15) is 11.3 Å². The van der Waals surface area contributed by atoms with Crippen molar-refractivity contribution in [3.05, 3.63) is 47.9 Å². The van der Waals surface area contributed by atoms with Crippen LogP contribution in [0.3, 0.4) is 0 Å². The Bertz CT molecular complexity index is 486. The van der Waals surface area contributed by atoms with E-state index >= 15 is 0 Å². The molecule has 82 valence electrons. The lowest BCUT2D eigenvalue weighted by molar-refractivity contribution is 0.281. The first kappa shape index (κ1) is 10.6. The summed E-state index contributed by atoms with van der Waals surface area (Å²) < 4.78 is 5.54. The molecule has 1 heterocycles. The molecular weight excluding hydrogens is 204 g/mol. The van der Waals surface area contributed by atoms with Gasteiger partial charge in [-0.1, -0.05) is 12.1 Å². The summed E-state index contributed by atoms with van der Waals surface area (Å²) in [7, 11) is 0. The van der Waals surface area contributed by atoms with Crippen LogP contribution in [0.2, 0.25) is 0 Å². The minimum Gasteiger partial charge on any atom is -0.439 e. The Morgan fingerprint density at radius 3 is 2.88 bits per heavy atom. The van der Waals surface area contributed by atoms with Gasteiger partial charge in [-0.3, -0.25) is 0 Å². The van der Waals surface area contributed by atoms with Crippen molar-refractivity contribution >= 4 is 0 Å². The van der Waals surface area contributed by atoms with E-state index in [0.717, 1.165) is 11.3 Å². The SMILES string of the molecule is Cc1cc(Oc2cccc(CO)c2)ncn1. The Hall–Kier alpha value is -1.94. The summed E-state index contributed by atoms with van der Waals surface area (Å²) in [5.41, 5.74) is 1.66. The molecule has 4 heteroatoms. The topological polar surface area (TPSA) is 55.2 Å². The van der Waals surface area contributed by atoms with Gasteiger partial charge in [0.05, 0.1) is 6.61 Å². The van der Waals surface area contributed by atoms with Gasteiger partial charge < -0.3 is 9.84 Å². The highest BCUT2D eigenvalue weighted by Crippen LogP contribution is 2.20. The zero-order valence-electron chi connectivity index (χ0n) is 8.92. The number of rotatable bonds is 3. The van der Waals surface area contributed by atoms with Gasteiger partial charge in [0.2, 0.25) is 5.88 Å². The zero-order valence-corrected chi connectivity index (χ0v) is 8.92. The van der Waals surface area contributed by atoms with E-state index in [1.807, 2.05) is 25.1 Å². The highest BCUT2D eigenvalue weighted by Gasteiger charge is 2.00. The van der Waals surface area contributed by atoms with Gasteiger partial charge in [0.1, 0.15) is 12.1 Å². The number of aryl methyl sites for hydroxylation is 1. The van der Waals surface area contributed by atoms with E-state index in [0.29, 0.717) is 11.6 Å². The number of benzene rings is 1. The third kappa shape index (κ3) is 2.55. The molecule has 0 saturated heterocycles. The van der Waals surface area contributed by atoms with Crippen molar-refractivity contribution in [2.24, 2.45) is 0 Å². The zero-order chi connectivity index (χ0) is 11.4. The minimum atomic E-state index is 0.00000157. The minimum absolute atomic E-state index is 0.00000157. The van der Waals surface area contributed by atoms with E-state index in [9.17, 15) is 0 Å². The number of aliphatic hydroxyl groups is 1. The molecule has 0 aliphatic rings. The van der Waals surface area contributed by atoms with Crippen LogP contribution < -0.4 is 4.74 Å². The lowest BCUT2D eigenvalue weighted by atomic mass is 10.2. The molecule has 0 bridgehead atoms. The number of hydrogen-bond acceptors (Lipinski definition) is 4. The molecule has 2 rings (SSSR count). The van der Waals surface area contributed by atoms with Gasteiger partial charge in [0, 0.05) is 11.8 Å². The molecule has 0 aliphatic carbocycles. The van der Waals surface area contributed by atoms with Gasteiger partial charge >= 0.3 is 0 Å². The molecule has 2 aromatic rings. The molecular formula is C12H12N2O2. The first-order valence-corrected chi connectivity index (χ1v) is 4.94. The predicted octanol–water partition coefficient (Wildman–Crippen LogP) is 2.07. The monoisotopic (exact) mass is 216 g/mol. The van der Waals surface area contributed by atoms with E-state index in [4.69, 9.17) is 9.84 Å². The van der Waals surface area contributed by atoms with Gasteiger partial charge in [-0.2, -0.15) is 0 Å². The van der Waals surface area contributed by atoms with Crippen LogP contribution in [-0.4, -0.2) is 15.1 Å². The molecule has 0 fully saturated rings. The van der Waals surface area contributed by atoms with Crippen molar-refractivity contribution in [2.45, 2.75) is 13.5 Å². The molecule has 0 unspecified atom stereocenters. The Kier molecular flexibility index (Phi) is 3.12. The van der Waals surface area contributed by atoms with E-state index in [2.05, 4.69) is 9.97 Å². The Balaban J connectivity index is 2.20. The van der Waals surface area contributed by atoms with Crippen molar-refractivity contribution < 1.29 is 9.84 Å². The predicted molar refractivity (Wildman–Crippen MR) is 59.2 cm³/mol. The van der Waals surface area contributed by atoms with E-state index in [1.54, 1.807) is 12.1 Å². The fraction of sp³-hybridized carbons (Fsp3) is 0.167. The second kappa shape index (κ2) is 4.72. The smallest absolute Gasteiger partial charge is 0.222 e. The normalized spacial score (nSPS) is 10.1. The van der Waals surface area contributed by atoms with Crippen LogP contribution in [-0.2, 0) is 6.61 Å². The van der Waals surface area contributed by atoms with Crippen LogP contribution in [0.25, 0.3) is 0 Å². The lowest BCUT2D eigenvalue weighted by Crippen LogP contribution is -1.91. The summed E-state index contributed by atoms with van der Waals surface area (Å²) in [4.78, 5) is 7.98. The number of ether oxygens (including phenoxy) is 1. The van der Waals surface area contributed by atoms with Crippen molar-refractivity contribution in [2.75, 3.05) is 0 Å². The van der Waals surface area contributed by atoms with Gasteiger partial charge in [-0.25, -0.2) is 9.97 Å². The van der Waals surface area contributed by atoms with Crippen molar-refractivity contribution in [1.29, 1.82) is 0 Å². The molecule has 0 atom stereocenters. The average Bonchev–Trinajstić information content (AvgIpc) is 2.29. The Morgan fingerprint density at radius 2 is 2.12 bits per heavy atom. The number of aliphatic hydroxyl groups excluding tert-OH is 1. The Morgan fingerprint density at radius 1 is 1.25 bits per heavy atom. The number of nitrogens with zero attached hydrogens (tertiary/aromatic N) is 2. The largest absolute Gasteiger partial charge is 0.439 e. The molecule has 16 heavy (non-hydrogen) atoms. The van der Waals surface area contributed by atoms with Crippen LogP contribution >= 0.6 is 0 Å². The van der Waals surface area contributed by atoms with Crippen LogP contribution in [0.5, 0.6) is 11.6 Å². The molecule has 1 aromatic carbocycles. The maximum atomic E-state index is 8.99. The van der Waals surface area contributed by atoms with Gasteiger partial charge in [0.25, 0.3) is 0 Å². The second-order valence-corrected chi connectivity index (χ2v) is 3.41. The summed E-state index contributed by atoms with van der Waals surface area (Å²) in [6.07, 6.45) is 1.46. The molecule has 0 amide bonds. The summed E-state index contributed by atoms with van der Waals surface area (Å²) >= 11 is 0. The maximum absolute atomic E-state index is 8.99. The summed E-state index contributed by atoms with van der Waals surface area (Å²) in [6.45, 7) is 1.87. The first-order chi connectivity index (χ1) is 7.78. The molecule has 0 aliphatic heterocycles. The standard InChI is InChI=1S/C12H12N2O2/c1-9-5-12(14-8-13-9)16-11-4-2-3-10(6-11)7-15/h2-6,8,15H,7H2,1H3. The fourth-order valence-electron chi connectivity index (χ4n) is 1.31. The molecule has 0 saturated carbocycles. The fourth-order valence-corrected chi connectivity index (χ4v) is 1.31. The number of hydrogen-bond donors (Lipinski definition) is 1. The van der Waals surface area contributed by atoms with Crippen LogP contribution in [0.4, 0.5) is 0 Å². The van der Waals surface area contributed by atoms with Gasteiger partial charge in [-0.05, 0) is 24.6 Å². The molecule has 0 spiro atoms. The highest BCUT2D eigenvalue weighted by atomic mass is 16.5. The average molecular weight is 216 g/mol. The number of aromatic nitrogens is 2. The molecule has 0 radical (unpaired) electrons. The highest BCUT2D eigenvalue weighted by molar-refractivity contribution is 5.31. The van der Waals surface area contributed by atoms with E-state index < -0.39 is 0 Å². The summed E-state index contributed by atoms with van der Waals surface area (Å²) in [6, 6.07) is 9.01. The molecule has 1 aromatic heterocycles. The first-order valence-electron chi connectivity index (χ1n) is 4.94. The van der Waals surface area contributed by atoms with Crippen molar-refractivity contribution in [3.8, 4) is 11.6 Å². The Labute approximate surface area is 93.6 Å². The third-order valence-electron chi connectivity index (χ3n) is 2.08. The third-order valence-corrected chi connectivity index (χ3v) is 2.08. The van der Waals surface area contributed by atoms with E-state index in [-0.39, 0.29) is 6.61 Å². The molecule has 4 nitrogen and oxygen atoms in total. The van der Waals surface area contributed by atoms with Crippen LogP contribution in [0.15, 0.2) is 36.7 Å². The van der Waals surface area contributed by atoms with Crippen LogP contribution in [0, 0.1) is 6.92 Å². The van der Waals surface area contributed by atoms with Gasteiger partial charge in [0.15, 0.2) is 0 Å². The van der Waals surface area contributed by atoms with Gasteiger partial charge in [-0.15, -0.1) is 0 Å². The van der Waals surface area contributed by atoms with Crippen molar-refractivity contribution in [3.63, 3.8) is 0 Å². The molecule has 1 N–H and O–H groups in total.